The summed E-state index contributed by atoms with van der Waals surface area (Å²) in [6, 6.07) is 15.1. The number of amides is 1. The number of aryl methyl sites for hydroxylation is 1. The maximum Gasteiger partial charge on any atom is 0.342 e. The summed E-state index contributed by atoms with van der Waals surface area (Å²) in [6.07, 6.45) is -0.198. The van der Waals surface area contributed by atoms with Crippen molar-refractivity contribution in [2.24, 2.45) is 0 Å². The SMILES string of the molecule is CCc1ccc(NC(=O)[C@H](C)OC(=O)c2cc(O)c3ccccc3c2O)cc1. The lowest BCUT2D eigenvalue weighted by atomic mass is 10.0. The van der Waals surface area contributed by atoms with Crippen molar-refractivity contribution in [2.75, 3.05) is 5.32 Å². The minimum Gasteiger partial charge on any atom is -0.507 e. The maximum absolute atomic E-state index is 12.4. The van der Waals surface area contributed by atoms with Crippen molar-refractivity contribution in [3.8, 4) is 11.5 Å². The van der Waals surface area contributed by atoms with Crippen LogP contribution in [0.3, 0.4) is 0 Å². The van der Waals surface area contributed by atoms with E-state index < -0.39 is 18.0 Å². The van der Waals surface area contributed by atoms with Gasteiger partial charge in [0.25, 0.3) is 5.91 Å². The fourth-order valence-electron chi connectivity index (χ4n) is 2.84. The average molecular weight is 379 g/mol. The van der Waals surface area contributed by atoms with Crippen LogP contribution < -0.4 is 5.32 Å². The van der Waals surface area contributed by atoms with Crippen LogP contribution in [-0.2, 0) is 16.0 Å². The number of phenols is 2. The average Bonchev–Trinajstić information content (AvgIpc) is 2.71. The van der Waals surface area contributed by atoms with E-state index in [1.165, 1.54) is 6.92 Å². The zero-order valence-electron chi connectivity index (χ0n) is 15.6. The van der Waals surface area contributed by atoms with Gasteiger partial charge in [0.15, 0.2) is 6.10 Å². The van der Waals surface area contributed by atoms with Gasteiger partial charge >= 0.3 is 5.97 Å². The lowest BCUT2D eigenvalue weighted by Gasteiger charge is -2.15. The number of nitrogens with one attached hydrogen (secondary N) is 1. The molecule has 0 heterocycles. The third kappa shape index (κ3) is 3.91. The van der Waals surface area contributed by atoms with E-state index in [1.54, 1.807) is 36.4 Å². The Morgan fingerprint density at radius 1 is 1.04 bits per heavy atom. The second-order valence-electron chi connectivity index (χ2n) is 6.42. The Morgan fingerprint density at radius 3 is 2.32 bits per heavy atom. The number of rotatable bonds is 5. The number of aromatic hydroxyl groups is 2. The number of ether oxygens (including phenoxy) is 1. The van der Waals surface area contributed by atoms with Gasteiger partial charge in [-0.25, -0.2) is 4.79 Å². The number of carbonyl (C=O) groups excluding carboxylic acids is 2. The second kappa shape index (κ2) is 8.00. The molecule has 0 radical (unpaired) electrons. The third-order valence-corrected chi connectivity index (χ3v) is 4.50. The molecule has 1 amide bonds. The smallest absolute Gasteiger partial charge is 0.342 e. The zero-order valence-corrected chi connectivity index (χ0v) is 15.6. The zero-order chi connectivity index (χ0) is 20.3. The molecular formula is C22H21NO5. The molecule has 0 aliphatic heterocycles. The van der Waals surface area contributed by atoms with Crippen molar-refractivity contribution in [2.45, 2.75) is 26.4 Å². The normalized spacial score (nSPS) is 11.8. The molecule has 0 saturated carbocycles. The van der Waals surface area contributed by atoms with Gasteiger partial charge in [0.05, 0.1) is 0 Å². The van der Waals surface area contributed by atoms with Gasteiger partial charge in [-0.3, -0.25) is 4.79 Å². The molecule has 6 heteroatoms. The summed E-state index contributed by atoms with van der Waals surface area (Å²) in [5.74, 6) is -1.86. The van der Waals surface area contributed by atoms with Crippen LogP contribution in [0.1, 0.15) is 29.8 Å². The van der Waals surface area contributed by atoms with Gasteiger partial charge in [-0.1, -0.05) is 43.3 Å². The highest BCUT2D eigenvalue weighted by Crippen LogP contribution is 2.35. The minimum atomic E-state index is -1.09. The summed E-state index contributed by atoms with van der Waals surface area (Å²) >= 11 is 0. The minimum absolute atomic E-state index is 0.159. The van der Waals surface area contributed by atoms with E-state index in [-0.39, 0.29) is 17.1 Å². The molecule has 0 bridgehead atoms. The first-order valence-corrected chi connectivity index (χ1v) is 8.95. The Labute approximate surface area is 162 Å². The molecule has 3 rings (SSSR count). The molecule has 0 aliphatic rings. The highest BCUT2D eigenvalue weighted by Gasteiger charge is 2.23. The van der Waals surface area contributed by atoms with Crippen LogP contribution in [0, 0.1) is 0 Å². The van der Waals surface area contributed by atoms with E-state index in [0.29, 0.717) is 16.5 Å². The Balaban J connectivity index is 1.74. The molecule has 0 aliphatic carbocycles. The van der Waals surface area contributed by atoms with Gasteiger partial charge in [-0.05, 0) is 37.1 Å². The van der Waals surface area contributed by atoms with E-state index in [0.717, 1.165) is 18.1 Å². The molecule has 0 aromatic heterocycles. The van der Waals surface area contributed by atoms with Gasteiger partial charge in [0, 0.05) is 16.5 Å². The highest BCUT2D eigenvalue weighted by atomic mass is 16.5. The van der Waals surface area contributed by atoms with Gasteiger partial charge in [-0.2, -0.15) is 0 Å². The van der Waals surface area contributed by atoms with Crippen LogP contribution in [0.15, 0.2) is 54.6 Å². The second-order valence-corrected chi connectivity index (χ2v) is 6.42. The monoisotopic (exact) mass is 379 g/mol. The van der Waals surface area contributed by atoms with Crippen molar-refractivity contribution in [1.29, 1.82) is 0 Å². The Kier molecular flexibility index (Phi) is 5.49. The van der Waals surface area contributed by atoms with E-state index in [2.05, 4.69) is 5.32 Å². The molecule has 0 saturated heterocycles. The first-order chi connectivity index (χ1) is 13.4. The molecule has 3 aromatic carbocycles. The van der Waals surface area contributed by atoms with E-state index >= 15 is 0 Å². The largest absolute Gasteiger partial charge is 0.507 e. The number of esters is 1. The Hall–Kier alpha value is -3.54. The molecule has 28 heavy (non-hydrogen) atoms. The summed E-state index contributed by atoms with van der Waals surface area (Å²) in [6.45, 7) is 3.47. The van der Waals surface area contributed by atoms with E-state index in [1.807, 2.05) is 19.1 Å². The molecule has 0 spiro atoms. The predicted molar refractivity (Wildman–Crippen MR) is 107 cm³/mol. The van der Waals surface area contributed by atoms with E-state index in [4.69, 9.17) is 4.74 Å². The first-order valence-electron chi connectivity index (χ1n) is 8.95. The summed E-state index contributed by atoms with van der Waals surface area (Å²) in [5, 5.41) is 23.9. The molecule has 1 atom stereocenters. The molecular weight excluding hydrogens is 358 g/mol. The van der Waals surface area contributed by atoms with Crippen LogP contribution in [0.5, 0.6) is 11.5 Å². The highest BCUT2D eigenvalue weighted by molar-refractivity contribution is 6.04. The fourth-order valence-corrected chi connectivity index (χ4v) is 2.84. The third-order valence-electron chi connectivity index (χ3n) is 4.50. The molecule has 0 unspecified atom stereocenters. The standard InChI is InChI=1S/C22H21NO5/c1-3-14-8-10-15(11-9-14)23-21(26)13(2)28-22(27)18-12-19(24)16-6-4-5-7-17(16)20(18)25/h4-13,24-25H,3H2,1-2H3,(H,23,26)/t13-/m0/s1. The number of anilines is 1. The first kappa shape index (κ1) is 19.2. The summed E-state index contributed by atoms with van der Waals surface area (Å²) in [4.78, 5) is 24.7. The van der Waals surface area contributed by atoms with Gasteiger partial charge in [0.2, 0.25) is 0 Å². The van der Waals surface area contributed by atoms with Crippen molar-refractivity contribution >= 4 is 28.3 Å². The maximum atomic E-state index is 12.4. The number of fused-ring (bicyclic) bond motifs is 1. The molecule has 3 aromatic rings. The van der Waals surface area contributed by atoms with Crippen LogP contribution in [0.2, 0.25) is 0 Å². The van der Waals surface area contributed by atoms with E-state index in [9.17, 15) is 19.8 Å². The molecule has 6 nitrogen and oxygen atoms in total. The van der Waals surface area contributed by atoms with Crippen molar-refractivity contribution in [3.63, 3.8) is 0 Å². The van der Waals surface area contributed by atoms with Crippen LogP contribution in [0.4, 0.5) is 5.69 Å². The number of carbonyl (C=O) groups is 2. The lowest BCUT2D eigenvalue weighted by Crippen LogP contribution is -2.30. The molecule has 3 N–H and O–H groups in total. The quantitative estimate of drug-likeness (QED) is 0.460. The van der Waals surface area contributed by atoms with Crippen LogP contribution in [-0.4, -0.2) is 28.2 Å². The number of hydrogen-bond donors (Lipinski definition) is 3. The number of phenolic OH excluding ortho intramolecular Hbond substituents is 2. The van der Waals surface area contributed by atoms with Crippen LogP contribution in [0.25, 0.3) is 10.8 Å². The molecule has 144 valence electrons. The van der Waals surface area contributed by atoms with Crippen molar-refractivity contribution in [1.82, 2.24) is 0 Å². The predicted octanol–water partition coefficient (Wildman–Crippen LogP) is 4.00. The van der Waals surface area contributed by atoms with Gasteiger partial charge in [0.1, 0.15) is 17.1 Å². The van der Waals surface area contributed by atoms with Gasteiger partial charge < -0.3 is 20.3 Å². The van der Waals surface area contributed by atoms with Crippen molar-refractivity contribution < 1.29 is 24.5 Å². The lowest BCUT2D eigenvalue weighted by molar-refractivity contribution is -0.123. The number of benzene rings is 3. The number of hydrogen-bond acceptors (Lipinski definition) is 5. The Morgan fingerprint density at radius 2 is 1.68 bits per heavy atom. The summed E-state index contributed by atoms with van der Waals surface area (Å²) < 4.78 is 5.18. The summed E-state index contributed by atoms with van der Waals surface area (Å²) in [7, 11) is 0. The molecule has 0 fully saturated rings. The van der Waals surface area contributed by atoms with Gasteiger partial charge in [-0.15, -0.1) is 0 Å². The Bertz CT molecular complexity index is 1030. The summed E-state index contributed by atoms with van der Waals surface area (Å²) in [5.41, 5.74) is 1.53. The van der Waals surface area contributed by atoms with Crippen molar-refractivity contribution in [3.05, 3.63) is 65.7 Å². The topological polar surface area (TPSA) is 95.9 Å². The fraction of sp³-hybridized carbons (Fsp3) is 0.182. The van der Waals surface area contributed by atoms with Crippen LogP contribution >= 0.6 is 0 Å².